The molecule has 2 heterocycles. The number of aromatic amines is 1. The van der Waals surface area contributed by atoms with E-state index in [0.29, 0.717) is 29.8 Å². The minimum Gasteiger partial charge on any atom is -0.348 e. The summed E-state index contributed by atoms with van der Waals surface area (Å²) in [6.07, 6.45) is 11.9. The largest absolute Gasteiger partial charge is 0.348 e. The first-order valence-electron chi connectivity index (χ1n) is 10.1. The first kappa shape index (κ1) is 19.8. The summed E-state index contributed by atoms with van der Waals surface area (Å²) in [4.78, 5) is 28.1. The molecule has 10 heteroatoms. The third kappa shape index (κ3) is 4.75. The molecular formula is C20H25N9O. The van der Waals surface area contributed by atoms with Gasteiger partial charge in [0, 0.05) is 18.3 Å². The van der Waals surface area contributed by atoms with Crippen molar-refractivity contribution < 1.29 is 4.79 Å². The van der Waals surface area contributed by atoms with Crippen LogP contribution in [0.4, 0.5) is 11.5 Å². The van der Waals surface area contributed by atoms with Gasteiger partial charge in [-0.3, -0.25) is 10.1 Å². The summed E-state index contributed by atoms with van der Waals surface area (Å²) in [5.74, 6) is 1.88. The number of rotatable bonds is 6. The molecule has 0 saturated heterocycles. The standard InChI is InChI=1S/C20H25N9O/c21-10-25-20(28-17-6-12-1-2-13(17)5-12)27-14-3-4-18(24-9-14)29-19(30)16(22)7-15-8-23-11-26-15/h3-4,8-9,11-13,16-17H,1-2,5-7,22H2,(H,23,26)(H,24,29,30)(H2,25,27,28)/t12-,13+,16-,17-/m0/s1. The van der Waals surface area contributed by atoms with Gasteiger partial charge in [-0.25, -0.2) is 15.0 Å². The summed E-state index contributed by atoms with van der Waals surface area (Å²) in [6.45, 7) is 0. The van der Waals surface area contributed by atoms with Gasteiger partial charge < -0.3 is 21.4 Å². The molecule has 2 bridgehead atoms. The van der Waals surface area contributed by atoms with E-state index in [1.807, 2.05) is 6.19 Å². The van der Waals surface area contributed by atoms with Gasteiger partial charge in [-0.05, 0) is 43.2 Å². The molecular weight excluding hydrogens is 382 g/mol. The molecule has 2 aromatic heterocycles. The number of fused-ring (bicyclic) bond motifs is 2. The number of carbonyl (C=O) groups is 1. The summed E-state index contributed by atoms with van der Waals surface area (Å²) in [6, 6.07) is 2.98. The number of imidazole rings is 1. The molecule has 1 amide bonds. The van der Waals surface area contributed by atoms with Crippen molar-refractivity contribution in [3.8, 4) is 6.19 Å². The highest BCUT2D eigenvalue weighted by molar-refractivity contribution is 5.96. The van der Waals surface area contributed by atoms with Gasteiger partial charge in [-0.15, -0.1) is 0 Å². The van der Waals surface area contributed by atoms with Crippen molar-refractivity contribution in [3.05, 3.63) is 36.5 Å². The first-order chi connectivity index (χ1) is 14.6. The molecule has 0 unspecified atom stereocenters. The number of nitrogens with one attached hydrogen (secondary N) is 4. The molecule has 0 radical (unpaired) electrons. The molecule has 2 aliphatic carbocycles. The first-order valence-corrected chi connectivity index (χ1v) is 10.1. The zero-order chi connectivity index (χ0) is 20.9. The van der Waals surface area contributed by atoms with E-state index >= 15 is 0 Å². The van der Waals surface area contributed by atoms with Gasteiger partial charge in [0.25, 0.3) is 0 Å². The number of nitrogens with zero attached hydrogens (tertiary/aromatic N) is 4. The Hall–Kier alpha value is -3.45. The lowest BCUT2D eigenvalue weighted by Gasteiger charge is -2.19. The van der Waals surface area contributed by atoms with Crippen molar-refractivity contribution in [2.24, 2.45) is 22.6 Å². The number of nitriles is 1. The minimum absolute atomic E-state index is 0.259. The van der Waals surface area contributed by atoms with E-state index < -0.39 is 6.04 Å². The SMILES string of the molecule is N#CNC(=N[C@H]1C[C@H]2CC[C@@H]1C2)Nc1ccc(NC(=O)[C@@H](N)Cc2cnc[nH]2)nc1. The van der Waals surface area contributed by atoms with E-state index in [9.17, 15) is 4.79 Å². The highest BCUT2D eigenvalue weighted by Gasteiger charge is 2.39. The number of guanidine groups is 1. The topological polar surface area (TPSA) is 157 Å². The number of amides is 1. The van der Waals surface area contributed by atoms with Crippen LogP contribution in [0.2, 0.25) is 0 Å². The molecule has 6 N–H and O–H groups in total. The Kier molecular flexibility index (Phi) is 5.90. The van der Waals surface area contributed by atoms with Crippen LogP contribution >= 0.6 is 0 Å². The van der Waals surface area contributed by atoms with Crippen LogP contribution < -0.4 is 21.7 Å². The molecule has 2 fully saturated rings. The van der Waals surface area contributed by atoms with Crippen LogP contribution in [0.3, 0.4) is 0 Å². The van der Waals surface area contributed by atoms with Crippen LogP contribution in [0, 0.1) is 23.3 Å². The van der Waals surface area contributed by atoms with Gasteiger partial charge >= 0.3 is 0 Å². The zero-order valence-electron chi connectivity index (χ0n) is 16.5. The van der Waals surface area contributed by atoms with Gasteiger partial charge in [-0.2, -0.15) is 5.26 Å². The third-order valence-corrected chi connectivity index (χ3v) is 5.78. The normalized spacial score (nSPS) is 23.6. The van der Waals surface area contributed by atoms with E-state index in [4.69, 9.17) is 16.0 Å². The Balaban J connectivity index is 1.34. The Bertz CT molecular complexity index is 932. The van der Waals surface area contributed by atoms with E-state index in [1.165, 1.54) is 19.3 Å². The number of pyridine rings is 1. The van der Waals surface area contributed by atoms with Crippen molar-refractivity contribution in [2.75, 3.05) is 10.6 Å². The summed E-state index contributed by atoms with van der Waals surface area (Å²) in [5, 5.41) is 17.5. The number of aliphatic imine (C=N–C) groups is 1. The predicted octanol–water partition coefficient (Wildman–Crippen LogP) is 1.34. The van der Waals surface area contributed by atoms with Gasteiger partial charge in [0.1, 0.15) is 5.82 Å². The quantitative estimate of drug-likeness (QED) is 0.209. The van der Waals surface area contributed by atoms with Crippen molar-refractivity contribution in [2.45, 2.75) is 44.2 Å². The highest BCUT2D eigenvalue weighted by Crippen LogP contribution is 2.45. The van der Waals surface area contributed by atoms with Crippen molar-refractivity contribution >= 4 is 23.4 Å². The monoisotopic (exact) mass is 407 g/mol. The lowest BCUT2D eigenvalue weighted by Crippen LogP contribution is -2.37. The smallest absolute Gasteiger partial charge is 0.242 e. The summed E-state index contributed by atoms with van der Waals surface area (Å²) in [7, 11) is 0. The van der Waals surface area contributed by atoms with Crippen molar-refractivity contribution in [3.63, 3.8) is 0 Å². The molecule has 0 aliphatic heterocycles. The maximum absolute atomic E-state index is 12.3. The van der Waals surface area contributed by atoms with Gasteiger partial charge in [0.15, 0.2) is 6.19 Å². The van der Waals surface area contributed by atoms with Crippen molar-refractivity contribution in [1.82, 2.24) is 20.3 Å². The number of hydrogen-bond donors (Lipinski definition) is 5. The Morgan fingerprint density at radius 2 is 2.23 bits per heavy atom. The number of carbonyl (C=O) groups excluding carboxylic acids is 1. The number of aromatic nitrogens is 3. The van der Waals surface area contributed by atoms with Gasteiger partial charge in [-0.1, -0.05) is 6.42 Å². The summed E-state index contributed by atoms with van der Waals surface area (Å²) >= 11 is 0. The molecule has 2 aliphatic rings. The summed E-state index contributed by atoms with van der Waals surface area (Å²) in [5.41, 5.74) is 7.39. The second-order valence-electron chi connectivity index (χ2n) is 7.89. The van der Waals surface area contributed by atoms with E-state index in [2.05, 4.69) is 30.9 Å². The molecule has 0 spiro atoms. The van der Waals surface area contributed by atoms with E-state index in [-0.39, 0.29) is 11.9 Å². The number of nitrogens with two attached hydrogens (primary N) is 1. The number of anilines is 2. The van der Waals surface area contributed by atoms with Crippen LogP contribution in [0.25, 0.3) is 0 Å². The maximum Gasteiger partial charge on any atom is 0.242 e. The molecule has 10 nitrogen and oxygen atoms in total. The fourth-order valence-corrected chi connectivity index (χ4v) is 4.31. The second kappa shape index (κ2) is 8.92. The fraction of sp³-hybridized carbons (Fsp3) is 0.450. The average Bonchev–Trinajstić information content (AvgIpc) is 3.48. The second-order valence-corrected chi connectivity index (χ2v) is 7.89. The number of H-pyrrole nitrogens is 1. The Morgan fingerprint density at radius 1 is 1.33 bits per heavy atom. The van der Waals surface area contributed by atoms with Crippen LogP contribution in [0.5, 0.6) is 0 Å². The predicted molar refractivity (Wildman–Crippen MR) is 112 cm³/mol. The highest BCUT2D eigenvalue weighted by atomic mass is 16.2. The number of hydrogen-bond acceptors (Lipinski definition) is 6. The lowest BCUT2D eigenvalue weighted by atomic mass is 9.96. The third-order valence-electron chi connectivity index (χ3n) is 5.78. The average molecular weight is 407 g/mol. The van der Waals surface area contributed by atoms with Gasteiger partial charge in [0.05, 0.1) is 30.3 Å². The molecule has 0 aromatic carbocycles. The molecule has 4 atom stereocenters. The van der Waals surface area contributed by atoms with E-state index in [1.54, 1.807) is 30.9 Å². The molecule has 156 valence electrons. The van der Waals surface area contributed by atoms with Crippen molar-refractivity contribution in [1.29, 1.82) is 5.26 Å². The Morgan fingerprint density at radius 3 is 2.87 bits per heavy atom. The van der Waals surface area contributed by atoms with Crippen LogP contribution in [0.1, 0.15) is 31.4 Å². The Labute approximate surface area is 174 Å². The summed E-state index contributed by atoms with van der Waals surface area (Å²) < 4.78 is 0. The fourth-order valence-electron chi connectivity index (χ4n) is 4.31. The molecule has 2 saturated carbocycles. The van der Waals surface area contributed by atoms with E-state index in [0.717, 1.165) is 18.0 Å². The zero-order valence-corrected chi connectivity index (χ0v) is 16.5. The lowest BCUT2D eigenvalue weighted by molar-refractivity contribution is -0.117. The van der Waals surface area contributed by atoms with Gasteiger partial charge in [0.2, 0.25) is 11.9 Å². The molecule has 30 heavy (non-hydrogen) atoms. The van der Waals surface area contributed by atoms with Crippen LogP contribution in [-0.2, 0) is 11.2 Å². The van der Waals surface area contributed by atoms with Crippen LogP contribution in [0.15, 0.2) is 35.8 Å². The van der Waals surface area contributed by atoms with Crippen LogP contribution in [-0.4, -0.2) is 38.9 Å². The molecule has 4 rings (SSSR count). The molecule has 2 aromatic rings. The maximum atomic E-state index is 12.3. The minimum atomic E-state index is -0.717.